The fourth-order valence-electron chi connectivity index (χ4n) is 3.58. The Balaban J connectivity index is 1.70. The number of amides is 1. The number of nitrogens with one attached hydrogen (secondary N) is 1. The summed E-state index contributed by atoms with van der Waals surface area (Å²) in [6.07, 6.45) is 0.820. The summed E-state index contributed by atoms with van der Waals surface area (Å²) >= 11 is 2.71. The highest BCUT2D eigenvalue weighted by Gasteiger charge is 2.20. The second kappa shape index (κ2) is 10.1. The molecule has 0 saturated carbocycles. The molecule has 172 valence electrons. The molecular weight excluding hydrogens is 468 g/mol. The molecule has 0 fully saturated rings. The van der Waals surface area contributed by atoms with Crippen LogP contribution in [0.3, 0.4) is 0 Å². The van der Waals surface area contributed by atoms with Crippen molar-refractivity contribution in [2.24, 2.45) is 0 Å². The van der Waals surface area contributed by atoms with E-state index in [2.05, 4.69) is 12.2 Å². The van der Waals surface area contributed by atoms with Crippen LogP contribution < -0.4 is 15.6 Å². The van der Waals surface area contributed by atoms with Gasteiger partial charge in [0.05, 0.1) is 35.6 Å². The predicted octanol–water partition coefficient (Wildman–Crippen LogP) is 4.93. The number of carbonyl (C=O) groups is 1. The molecule has 0 unspecified atom stereocenters. The summed E-state index contributed by atoms with van der Waals surface area (Å²) in [5, 5.41) is 12.8. The maximum atomic E-state index is 13.6. The van der Waals surface area contributed by atoms with Gasteiger partial charge in [0.1, 0.15) is 10.6 Å². The summed E-state index contributed by atoms with van der Waals surface area (Å²) in [5.74, 6) is 0.445. The summed E-state index contributed by atoms with van der Waals surface area (Å²) in [5.41, 5.74) is 2.52. The van der Waals surface area contributed by atoms with Crippen molar-refractivity contribution in [2.45, 2.75) is 25.4 Å². The van der Waals surface area contributed by atoms with Crippen LogP contribution >= 0.6 is 23.1 Å². The van der Waals surface area contributed by atoms with Crippen molar-refractivity contribution in [3.63, 3.8) is 0 Å². The molecule has 0 radical (unpaired) electrons. The number of methoxy groups -OCH3 is 1. The molecular formula is C25H22N4O3S2. The van der Waals surface area contributed by atoms with Gasteiger partial charge in [0.25, 0.3) is 5.56 Å². The van der Waals surface area contributed by atoms with Crippen molar-refractivity contribution < 1.29 is 9.53 Å². The van der Waals surface area contributed by atoms with Crippen LogP contribution in [0.25, 0.3) is 15.9 Å². The van der Waals surface area contributed by atoms with Crippen molar-refractivity contribution in [3.05, 3.63) is 74.9 Å². The minimum absolute atomic E-state index is 0.0624. The van der Waals surface area contributed by atoms with Crippen LogP contribution in [0, 0.1) is 18.3 Å². The zero-order valence-electron chi connectivity index (χ0n) is 18.9. The van der Waals surface area contributed by atoms with Crippen LogP contribution in [-0.4, -0.2) is 28.3 Å². The minimum atomic E-state index is -0.238. The van der Waals surface area contributed by atoms with Gasteiger partial charge in [-0.3, -0.25) is 14.2 Å². The number of nitrogens with zero attached hydrogens (tertiary/aromatic N) is 3. The van der Waals surface area contributed by atoms with Crippen LogP contribution in [0.5, 0.6) is 5.75 Å². The third-order valence-electron chi connectivity index (χ3n) is 5.30. The average molecular weight is 491 g/mol. The van der Waals surface area contributed by atoms with E-state index < -0.39 is 0 Å². The highest BCUT2D eigenvalue weighted by molar-refractivity contribution is 7.99. The highest BCUT2D eigenvalue weighted by Crippen LogP contribution is 2.31. The van der Waals surface area contributed by atoms with Gasteiger partial charge >= 0.3 is 0 Å². The Kier molecular flexibility index (Phi) is 7.01. The number of thioether (sulfide) groups is 1. The van der Waals surface area contributed by atoms with Crippen molar-refractivity contribution >= 4 is 44.9 Å². The smallest absolute Gasteiger partial charge is 0.267 e. The Hall–Kier alpha value is -3.61. The first kappa shape index (κ1) is 23.5. The van der Waals surface area contributed by atoms with Gasteiger partial charge in [0.15, 0.2) is 5.16 Å². The van der Waals surface area contributed by atoms with Gasteiger partial charge < -0.3 is 10.1 Å². The summed E-state index contributed by atoms with van der Waals surface area (Å²) in [6, 6.07) is 15.9. The zero-order chi connectivity index (χ0) is 24.2. The van der Waals surface area contributed by atoms with E-state index in [0.717, 1.165) is 16.9 Å². The molecule has 7 nitrogen and oxygen atoms in total. The number of ether oxygens (including phenoxy) is 1. The SMILES string of the molecule is CCc1sc2nc(SCC(=O)Nc3ccc(C#N)cc3)n(-c3cccc(OC)c3)c(=O)c2c1C. The number of aromatic nitrogens is 2. The Morgan fingerprint density at radius 1 is 1.26 bits per heavy atom. The molecule has 9 heteroatoms. The van der Waals surface area contributed by atoms with E-state index in [1.54, 1.807) is 42.0 Å². The lowest BCUT2D eigenvalue weighted by Crippen LogP contribution is -2.23. The van der Waals surface area contributed by atoms with E-state index in [-0.39, 0.29) is 17.2 Å². The van der Waals surface area contributed by atoms with E-state index in [1.807, 2.05) is 31.2 Å². The molecule has 0 saturated heterocycles. The largest absolute Gasteiger partial charge is 0.497 e. The van der Waals surface area contributed by atoms with E-state index >= 15 is 0 Å². The van der Waals surface area contributed by atoms with Crippen LogP contribution in [0.1, 0.15) is 22.9 Å². The molecule has 0 aliphatic carbocycles. The third-order valence-corrected chi connectivity index (χ3v) is 7.56. The number of fused-ring (bicyclic) bond motifs is 1. The van der Waals surface area contributed by atoms with E-state index in [4.69, 9.17) is 15.0 Å². The number of nitriles is 1. The average Bonchev–Trinajstić information content (AvgIpc) is 3.18. The quantitative estimate of drug-likeness (QED) is 0.291. The molecule has 4 rings (SSSR count). The number of carbonyl (C=O) groups excluding carboxylic acids is 1. The van der Waals surface area contributed by atoms with Gasteiger partial charge in [0.2, 0.25) is 5.91 Å². The van der Waals surface area contributed by atoms with E-state index in [9.17, 15) is 9.59 Å². The number of rotatable bonds is 7. The van der Waals surface area contributed by atoms with Gasteiger partial charge in [-0.05, 0) is 55.3 Å². The van der Waals surface area contributed by atoms with E-state index in [0.29, 0.717) is 38.1 Å². The number of benzene rings is 2. The highest BCUT2D eigenvalue weighted by atomic mass is 32.2. The second-order valence-corrected chi connectivity index (χ2v) is 9.47. The van der Waals surface area contributed by atoms with Crippen LogP contribution in [-0.2, 0) is 11.2 Å². The molecule has 2 heterocycles. The molecule has 0 atom stereocenters. The molecule has 1 N–H and O–H groups in total. The van der Waals surface area contributed by atoms with Gasteiger partial charge in [-0.2, -0.15) is 5.26 Å². The van der Waals surface area contributed by atoms with Crippen molar-refractivity contribution in [3.8, 4) is 17.5 Å². The molecule has 2 aromatic carbocycles. The minimum Gasteiger partial charge on any atom is -0.497 e. The monoisotopic (exact) mass is 490 g/mol. The lowest BCUT2D eigenvalue weighted by Gasteiger charge is -2.13. The normalized spacial score (nSPS) is 10.8. The lowest BCUT2D eigenvalue weighted by atomic mass is 10.2. The van der Waals surface area contributed by atoms with Crippen LogP contribution in [0.2, 0.25) is 0 Å². The standard InChI is InChI=1S/C25H22N4O3S2/c1-4-20-15(2)22-23(34-20)28-25(29(24(22)31)18-6-5-7-19(12-18)32-3)33-14-21(30)27-17-10-8-16(13-26)9-11-17/h5-12H,4,14H2,1-3H3,(H,27,30). The Bertz CT molecular complexity index is 1470. The molecule has 2 aromatic heterocycles. The molecule has 0 aliphatic heterocycles. The third kappa shape index (κ3) is 4.69. The second-order valence-electron chi connectivity index (χ2n) is 7.45. The van der Waals surface area contributed by atoms with Gasteiger partial charge in [-0.25, -0.2) is 4.98 Å². The fraction of sp³-hybridized carbons (Fsp3) is 0.200. The molecule has 34 heavy (non-hydrogen) atoms. The topological polar surface area (TPSA) is 97.0 Å². The van der Waals surface area contributed by atoms with Crippen molar-refractivity contribution in [1.29, 1.82) is 5.26 Å². The Morgan fingerprint density at radius 2 is 2.03 bits per heavy atom. The molecule has 4 aromatic rings. The summed E-state index contributed by atoms with van der Waals surface area (Å²) in [4.78, 5) is 32.8. The number of thiophene rings is 1. The Labute approximate surface area is 205 Å². The fourth-order valence-corrected chi connectivity index (χ4v) is 5.55. The molecule has 0 aliphatic rings. The van der Waals surface area contributed by atoms with Gasteiger partial charge in [-0.15, -0.1) is 11.3 Å². The number of anilines is 1. The van der Waals surface area contributed by atoms with Crippen LogP contribution in [0.15, 0.2) is 58.5 Å². The maximum Gasteiger partial charge on any atom is 0.267 e. The summed E-state index contributed by atoms with van der Waals surface area (Å²) in [6.45, 7) is 4.01. The summed E-state index contributed by atoms with van der Waals surface area (Å²) < 4.78 is 6.89. The lowest BCUT2D eigenvalue weighted by molar-refractivity contribution is -0.113. The molecule has 0 bridgehead atoms. The van der Waals surface area contributed by atoms with Crippen molar-refractivity contribution in [2.75, 3.05) is 18.2 Å². The number of hydrogen-bond donors (Lipinski definition) is 1. The zero-order valence-corrected chi connectivity index (χ0v) is 20.5. The number of hydrogen-bond acceptors (Lipinski definition) is 7. The van der Waals surface area contributed by atoms with E-state index in [1.165, 1.54) is 23.1 Å². The molecule has 0 spiro atoms. The predicted molar refractivity (Wildman–Crippen MR) is 136 cm³/mol. The first-order valence-electron chi connectivity index (χ1n) is 10.6. The van der Waals surface area contributed by atoms with Gasteiger partial charge in [-0.1, -0.05) is 24.8 Å². The molecule has 1 amide bonds. The van der Waals surface area contributed by atoms with Crippen molar-refractivity contribution in [1.82, 2.24) is 9.55 Å². The maximum absolute atomic E-state index is 13.6. The van der Waals surface area contributed by atoms with Crippen LogP contribution in [0.4, 0.5) is 5.69 Å². The first-order chi connectivity index (χ1) is 16.4. The summed E-state index contributed by atoms with van der Waals surface area (Å²) in [7, 11) is 1.57. The first-order valence-corrected chi connectivity index (χ1v) is 12.4. The number of aryl methyl sites for hydroxylation is 2. The Morgan fingerprint density at radius 3 is 2.71 bits per heavy atom. The van der Waals surface area contributed by atoms with Gasteiger partial charge in [0, 0.05) is 16.6 Å².